The average molecular weight is 278 g/mol. The average Bonchev–Trinajstić information content (AvgIpc) is 2.95. The molecule has 0 aliphatic heterocycles. The lowest BCUT2D eigenvalue weighted by molar-refractivity contribution is 0.735. The molecule has 0 amide bonds. The van der Waals surface area contributed by atoms with E-state index in [1.165, 1.54) is 9.75 Å². The summed E-state index contributed by atoms with van der Waals surface area (Å²) in [5, 5.41) is 7.87. The topological polar surface area (TPSA) is 55.9 Å². The Morgan fingerprint density at radius 1 is 1.32 bits per heavy atom. The fourth-order valence-electron chi connectivity index (χ4n) is 2.11. The van der Waals surface area contributed by atoms with E-state index in [9.17, 15) is 0 Å². The number of aromatic nitrogens is 2. The van der Waals surface area contributed by atoms with Crippen LogP contribution in [0, 0.1) is 0 Å². The number of hydrogen-bond donors (Lipinski definition) is 2. The lowest BCUT2D eigenvalue weighted by Gasteiger charge is -2.06. The fourth-order valence-corrected chi connectivity index (χ4v) is 3.00. The first kappa shape index (κ1) is 13.9. The van der Waals surface area contributed by atoms with Crippen LogP contribution in [0.5, 0.6) is 0 Å². The van der Waals surface area contributed by atoms with E-state index in [0.29, 0.717) is 0 Å². The Morgan fingerprint density at radius 3 is 2.68 bits per heavy atom. The molecule has 4 nitrogen and oxygen atoms in total. The molecule has 2 aromatic rings. The van der Waals surface area contributed by atoms with Crippen molar-refractivity contribution in [2.75, 3.05) is 11.1 Å². The molecule has 2 heterocycles. The van der Waals surface area contributed by atoms with Gasteiger partial charge in [0.2, 0.25) is 0 Å². The number of aryl methyl sites for hydroxylation is 3. The van der Waals surface area contributed by atoms with Crippen LogP contribution in [0.3, 0.4) is 0 Å². The molecule has 0 bridgehead atoms. The molecule has 104 valence electrons. The van der Waals surface area contributed by atoms with Gasteiger partial charge in [-0.25, -0.2) is 0 Å². The number of nitrogen functional groups attached to an aromatic ring is 1. The zero-order chi connectivity index (χ0) is 13.8. The molecular formula is C14H22N4S. The number of nitrogens with zero attached hydrogens (tertiary/aromatic N) is 2. The Hall–Kier alpha value is -1.49. The van der Waals surface area contributed by atoms with Crippen LogP contribution in [0.15, 0.2) is 12.1 Å². The lowest BCUT2D eigenvalue weighted by Crippen LogP contribution is -2.05. The summed E-state index contributed by atoms with van der Waals surface area (Å²) in [6.45, 7) is 5.12. The van der Waals surface area contributed by atoms with E-state index in [0.717, 1.165) is 43.0 Å². The van der Waals surface area contributed by atoms with Crippen molar-refractivity contribution in [1.29, 1.82) is 0 Å². The number of nitrogens with one attached hydrogen (secondary N) is 1. The summed E-state index contributed by atoms with van der Waals surface area (Å²) >= 11 is 1.85. The van der Waals surface area contributed by atoms with Crippen molar-refractivity contribution in [3.05, 3.63) is 27.6 Å². The smallest absolute Gasteiger partial charge is 0.148 e. The van der Waals surface area contributed by atoms with Crippen LogP contribution in [0.4, 0.5) is 11.5 Å². The lowest BCUT2D eigenvalue weighted by atomic mass is 10.2. The van der Waals surface area contributed by atoms with E-state index in [1.807, 2.05) is 23.1 Å². The molecule has 0 saturated heterocycles. The third-order valence-corrected chi connectivity index (χ3v) is 4.37. The number of thiophene rings is 1. The molecule has 0 aliphatic rings. The molecule has 0 fully saturated rings. The highest BCUT2D eigenvalue weighted by molar-refractivity contribution is 7.12. The Labute approximate surface area is 118 Å². The summed E-state index contributed by atoms with van der Waals surface area (Å²) in [6, 6.07) is 4.37. The second kappa shape index (κ2) is 6.10. The number of anilines is 2. The Bertz CT molecular complexity index is 542. The standard InChI is InChI=1S/C14H22N4S/c1-4-6-12-13(15)14(18(3)17-12)16-9-11-8-7-10(5-2)19-11/h7-8,16H,4-6,9,15H2,1-3H3. The van der Waals surface area contributed by atoms with Gasteiger partial charge in [-0.15, -0.1) is 11.3 Å². The van der Waals surface area contributed by atoms with Crippen molar-refractivity contribution in [1.82, 2.24) is 9.78 Å². The van der Waals surface area contributed by atoms with Gasteiger partial charge in [0.15, 0.2) is 0 Å². The summed E-state index contributed by atoms with van der Waals surface area (Å²) in [5.41, 5.74) is 7.93. The van der Waals surface area contributed by atoms with Crippen LogP contribution in [0.1, 0.15) is 35.7 Å². The molecule has 0 unspecified atom stereocenters. The van der Waals surface area contributed by atoms with Crippen LogP contribution < -0.4 is 11.1 Å². The minimum absolute atomic E-state index is 0.789. The first-order valence-corrected chi connectivity index (χ1v) is 7.60. The predicted octanol–water partition coefficient (Wildman–Crippen LogP) is 3.19. The molecule has 0 spiro atoms. The molecule has 19 heavy (non-hydrogen) atoms. The van der Waals surface area contributed by atoms with Crippen molar-refractivity contribution in [2.45, 2.75) is 39.7 Å². The first-order chi connectivity index (χ1) is 9.15. The largest absolute Gasteiger partial charge is 0.394 e. The van der Waals surface area contributed by atoms with Crippen LogP contribution in [-0.2, 0) is 26.4 Å². The zero-order valence-electron chi connectivity index (χ0n) is 11.9. The predicted molar refractivity (Wildman–Crippen MR) is 82.6 cm³/mol. The van der Waals surface area contributed by atoms with Gasteiger partial charge in [-0.3, -0.25) is 4.68 Å². The Balaban J connectivity index is 2.06. The van der Waals surface area contributed by atoms with Crippen LogP contribution in [0.2, 0.25) is 0 Å². The summed E-state index contributed by atoms with van der Waals surface area (Å²) in [5.74, 6) is 0.926. The monoisotopic (exact) mass is 278 g/mol. The van der Waals surface area contributed by atoms with E-state index in [2.05, 4.69) is 36.4 Å². The minimum Gasteiger partial charge on any atom is -0.394 e. The molecule has 0 atom stereocenters. The highest BCUT2D eigenvalue weighted by Gasteiger charge is 2.12. The molecule has 0 aromatic carbocycles. The van der Waals surface area contributed by atoms with Gasteiger partial charge in [0.1, 0.15) is 5.82 Å². The molecular weight excluding hydrogens is 256 g/mol. The molecule has 2 aromatic heterocycles. The first-order valence-electron chi connectivity index (χ1n) is 6.78. The van der Waals surface area contributed by atoms with Gasteiger partial charge in [-0.1, -0.05) is 20.3 Å². The van der Waals surface area contributed by atoms with E-state index in [1.54, 1.807) is 0 Å². The highest BCUT2D eigenvalue weighted by Crippen LogP contribution is 2.25. The Morgan fingerprint density at radius 2 is 2.05 bits per heavy atom. The van der Waals surface area contributed by atoms with Crippen molar-refractivity contribution >= 4 is 22.8 Å². The molecule has 0 aliphatic carbocycles. The van der Waals surface area contributed by atoms with E-state index in [-0.39, 0.29) is 0 Å². The zero-order valence-corrected chi connectivity index (χ0v) is 12.7. The highest BCUT2D eigenvalue weighted by atomic mass is 32.1. The van der Waals surface area contributed by atoms with Crippen molar-refractivity contribution in [2.24, 2.45) is 7.05 Å². The van der Waals surface area contributed by atoms with Crippen molar-refractivity contribution < 1.29 is 0 Å². The van der Waals surface area contributed by atoms with Gasteiger partial charge in [0.25, 0.3) is 0 Å². The Kier molecular flexibility index (Phi) is 4.47. The summed E-state index contributed by atoms with van der Waals surface area (Å²) < 4.78 is 1.84. The normalized spacial score (nSPS) is 10.9. The molecule has 5 heteroatoms. The summed E-state index contributed by atoms with van der Waals surface area (Å²) in [7, 11) is 1.93. The molecule has 0 radical (unpaired) electrons. The summed E-state index contributed by atoms with van der Waals surface area (Å²) in [4.78, 5) is 2.75. The van der Waals surface area contributed by atoms with Crippen LogP contribution >= 0.6 is 11.3 Å². The molecule has 3 N–H and O–H groups in total. The maximum absolute atomic E-state index is 6.14. The van der Waals surface area contributed by atoms with Gasteiger partial charge >= 0.3 is 0 Å². The van der Waals surface area contributed by atoms with Gasteiger partial charge in [0.05, 0.1) is 17.9 Å². The van der Waals surface area contributed by atoms with Gasteiger partial charge < -0.3 is 11.1 Å². The minimum atomic E-state index is 0.789. The second-order valence-corrected chi connectivity index (χ2v) is 5.91. The number of hydrogen-bond acceptors (Lipinski definition) is 4. The van der Waals surface area contributed by atoms with Gasteiger partial charge in [-0.05, 0) is 25.0 Å². The maximum Gasteiger partial charge on any atom is 0.148 e. The quantitative estimate of drug-likeness (QED) is 0.853. The van der Waals surface area contributed by atoms with Gasteiger partial charge in [0, 0.05) is 16.8 Å². The second-order valence-electron chi connectivity index (χ2n) is 4.66. The maximum atomic E-state index is 6.14. The van der Waals surface area contributed by atoms with E-state index in [4.69, 9.17) is 5.73 Å². The van der Waals surface area contributed by atoms with Gasteiger partial charge in [-0.2, -0.15) is 5.10 Å². The van der Waals surface area contributed by atoms with Crippen molar-refractivity contribution in [3.63, 3.8) is 0 Å². The SMILES string of the molecule is CCCc1nn(C)c(NCc2ccc(CC)s2)c1N. The van der Waals surface area contributed by atoms with E-state index >= 15 is 0 Å². The van der Waals surface area contributed by atoms with Crippen molar-refractivity contribution in [3.8, 4) is 0 Å². The third kappa shape index (κ3) is 3.10. The number of rotatable bonds is 6. The molecule has 0 saturated carbocycles. The van der Waals surface area contributed by atoms with Crippen LogP contribution in [-0.4, -0.2) is 9.78 Å². The molecule has 2 rings (SSSR count). The summed E-state index contributed by atoms with van der Waals surface area (Å²) in [6.07, 6.45) is 3.09. The van der Waals surface area contributed by atoms with Crippen LogP contribution in [0.25, 0.3) is 0 Å². The fraction of sp³-hybridized carbons (Fsp3) is 0.500. The van der Waals surface area contributed by atoms with E-state index < -0.39 is 0 Å². The third-order valence-electron chi connectivity index (χ3n) is 3.14. The number of nitrogens with two attached hydrogens (primary N) is 1.